The molecule has 1 aliphatic rings. The average molecular weight is 417 g/mol. The van der Waals surface area contributed by atoms with Crippen molar-refractivity contribution in [2.24, 2.45) is 0 Å². The first-order chi connectivity index (χ1) is 13.4. The number of esters is 1. The molecule has 0 radical (unpaired) electrons. The number of aromatic nitrogens is 1. The SMILES string of the molecule is CS(=O)(=O)Nc1ccc(OC(=O)c2c(-n3cccc3)sc3c2CCCC3)cc1. The van der Waals surface area contributed by atoms with E-state index >= 15 is 0 Å². The highest BCUT2D eigenvalue weighted by atomic mass is 32.2. The summed E-state index contributed by atoms with van der Waals surface area (Å²) in [4.78, 5) is 14.3. The molecule has 28 heavy (non-hydrogen) atoms. The number of hydrogen-bond acceptors (Lipinski definition) is 5. The predicted octanol–water partition coefficient (Wildman–Crippen LogP) is 4.01. The molecular weight excluding hydrogens is 396 g/mol. The fourth-order valence-corrected chi connectivity index (χ4v) is 5.28. The lowest BCUT2D eigenvalue weighted by atomic mass is 9.95. The molecule has 2 aromatic heterocycles. The molecule has 0 saturated carbocycles. The molecule has 0 unspecified atom stereocenters. The first-order valence-corrected chi connectivity index (χ1v) is 11.7. The highest BCUT2D eigenvalue weighted by Crippen LogP contribution is 2.37. The zero-order valence-electron chi connectivity index (χ0n) is 15.3. The Morgan fingerprint density at radius 2 is 1.79 bits per heavy atom. The van der Waals surface area contributed by atoms with Gasteiger partial charge in [0.05, 0.1) is 11.8 Å². The number of nitrogens with one attached hydrogen (secondary N) is 1. The Morgan fingerprint density at radius 3 is 2.46 bits per heavy atom. The van der Waals surface area contributed by atoms with Crippen molar-refractivity contribution in [2.45, 2.75) is 25.7 Å². The van der Waals surface area contributed by atoms with Gasteiger partial charge in [-0.1, -0.05) is 0 Å². The lowest BCUT2D eigenvalue weighted by Gasteiger charge is -2.13. The smallest absolute Gasteiger partial charge is 0.346 e. The summed E-state index contributed by atoms with van der Waals surface area (Å²) < 4.78 is 32.6. The quantitative estimate of drug-likeness (QED) is 0.504. The van der Waals surface area contributed by atoms with E-state index in [0.717, 1.165) is 42.5 Å². The van der Waals surface area contributed by atoms with Crippen molar-refractivity contribution in [3.63, 3.8) is 0 Å². The highest BCUT2D eigenvalue weighted by Gasteiger charge is 2.27. The Kier molecular flexibility index (Phi) is 4.99. The third-order valence-electron chi connectivity index (χ3n) is 4.56. The van der Waals surface area contributed by atoms with Crippen LogP contribution in [0.2, 0.25) is 0 Å². The number of carbonyl (C=O) groups excluding carboxylic acids is 1. The second kappa shape index (κ2) is 7.44. The monoisotopic (exact) mass is 416 g/mol. The summed E-state index contributed by atoms with van der Waals surface area (Å²) in [7, 11) is -3.35. The van der Waals surface area contributed by atoms with Gasteiger partial charge in [-0.3, -0.25) is 4.72 Å². The van der Waals surface area contributed by atoms with Crippen LogP contribution in [0.5, 0.6) is 5.75 Å². The first kappa shape index (κ1) is 18.8. The van der Waals surface area contributed by atoms with Crippen LogP contribution >= 0.6 is 11.3 Å². The number of sulfonamides is 1. The number of aryl methyl sites for hydroxylation is 1. The van der Waals surface area contributed by atoms with E-state index in [-0.39, 0.29) is 5.97 Å². The second-order valence-corrected chi connectivity index (χ2v) is 9.60. The van der Waals surface area contributed by atoms with Gasteiger partial charge in [0.25, 0.3) is 0 Å². The van der Waals surface area contributed by atoms with Crippen LogP contribution in [-0.4, -0.2) is 25.2 Å². The molecule has 8 heteroatoms. The van der Waals surface area contributed by atoms with E-state index in [4.69, 9.17) is 4.74 Å². The molecule has 4 rings (SSSR count). The number of ether oxygens (including phenoxy) is 1. The van der Waals surface area contributed by atoms with Gasteiger partial charge in [0.2, 0.25) is 10.0 Å². The van der Waals surface area contributed by atoms with Crippen LogP contribution < -0.4 is 9.46 Å². The van der Waals surface area contributed by atoms with Gasteiger partial charge in [0.1, 0.15) is 10.8 Å². The molecule has 1 N–H and O–H groups in total. The zero-order valence-corrected chi connectivity index (χ0v) is 17.0. The number of rotatable bonds is 5. The molecule has 2 heterocycles. The van der Waals surface area contributed by atoms with Crippen LogP contribution in [0.25, 0.3) is 5.00 Å². The van der Waals surface area contributed by atoms with E-state index in [1.807, 2.05) is 29.1 Å². The van der Waals surface area contributed by atoms with Crippen molar-refractivity contribution >= 4 is 33.0 Å². The van der Waals surface area contributed by atoms with E-state index in [9.17, 15) is 13.2 Å². The fourth-order valence-electron chi connectivity index (χ4n) is 3.38. The predicted molar refractivity (Wildman–Crippen MR) is 110 cm³/mol. The second-order valence-electron chi connectivity index (χ2n) is 6.77. The van der Waals surface area contributed by atoms with Gasteiger partial charge >= 0.3 is 5.97 Å². The number of hydrogen-bond donors (Lipinski definition) is 1. The Morgan fingerprint density at radius 1 is 1.11 bits per heavy atom. The Hall–Kier alpha value is -2.58. The Labute approximate surface area is 167 Å². The van der Waals surface area contributed by atoms with Crippen molar-refractivity contribution in [1.82, 2.24) is 4.57 Å². The van der Waals surface area contributed by atoms with Gasteiger partial charge < -0.3 is 9.30 Å². The molecule has 0 amide bonds. The molecule has 1 aliphatic carbocycles. The number of benzene rings is 1. The minimum Gasteiger partial charge on any atom is -0.423 e. The molecule has 0 spiro atoms. The maximum atomic E-state index is 13.0. The van der Waals surface area contributed by atoms with E-state index < -0.39 is 10.0 Å². The summed E-state index contributed by atoms with van der Waals surface area (Å²) in [5, 5.41) is 0.886. The summed E-state index contributed by atoms with van der Waals surface area (Å²) in [6.45, 7) is 0. The lowest BCUT2D eigenvalue weighted by Crippen LogP contribution is -2.14. The van der Waals surface area contributed by atoms with Crippen molar-refractivity contribution in [3.05, 3.63) is 64.8 Å². The van der Waals surface area contributed by atoms with Crippen LogP contribution in [0.4, 0.5) is 5.69 Å². The van der Waals surface area contributed by atoms with Crippen LogP contribution in [0.3, 0.4) is 0 Å². The Balaban J connectivity index is 1.62. The van der Waals surface area contributed by atoms with Crippen molar-refractivity contribution in [3.8, 4) is 10.8 Å². The molecule has 0 bridgehead atoms. The van der Waals surface area contributed by atoms with Crippen LogP contribution in [-0.2, 0) is 22.9 Å². The summed E-state index contributed by atoms with van der Waals surface area (Å²) in [6.07, 6.45) is 9.04. The highest BCUT2D eigenvalue weighted by molar-refractivity contribution is 7.92. The summed E-state index contributed by atoms with van der Waals surface area (Å²) in [6, 6.07) is 10.2. The summed E-state index contributed by atoms with van der Waals surface area (Å²) >= 11 is 1.65. The van der Waals surface area contributed by atoms with E-state index in [0.29, 0.717) is 17.0 Å². The lowest BCUT2D eigenvalue weighted by molar-refractivity contribution is 0.0734. The molecule has 0 atom stereocenters. The van der Waals surface area contributed by atoms with Gasteiger partial charge in [0, 0.05) is 23.0 Å². The van der Waals surface area contributed by atoms with Crippen molar-refractivity contribution < 1.29 is 17.9 Å². The zero-order chi connectivity index (χ0) is 19.7. The summed E-state index contributed by atoms with van der Waals surface area (Å²) in [5.74, 6) is -0.00908. The molecule has 1 aromatic carbocycles. The van der Waals surface area contributed by atoms with Crippen LogP contribution in [0.1, 0.15) is 33.6 Å². The maximum Gasteiger partial charge on any atom is 0.346 e. The largest absolute Gasteiger partial charge is 0.423 e. The molecular formula is C20H20N2O4S2. The number of carbonyl (C=O) groups is 1. The van der Waals surface area contributed by atoms with Gasteiger partial charge in [-0.05, 0) is 67.6 Å². The normalized spacial score (nSPS) is 13.8. The molecule has 146 valence electrons. The van der Waals surface area contributed by atoms with Crippen molar-refractivity contribution in [1.29, 1.82) is 0 Å². The molecule has 0 fully saturated rings. The minimum absolute atomic E-state index is 0.373. The maximum absolute atomic E-state index is 13.0. The molecule has 3 aromatic rings. The average Bonchev–Trinajstić information content (AvgIpc) is 3.29. The number of fused-ring (bicyclic) bond motifs is 1. The fraction of sp³-hybridized carbons (Fsp3) is 0.250. The summed E-state index contributed by atoms with van der Waals surface area (Å²) in [5.41, 5.74) is 2.15. The standard InChI is InChI=1S/C20H20N2O4S2/c1-28(24,25)21-14-8-10-15(11-9-14)26-20(23)18-16-6-2-3-7-17(16)27-19(18)22-12-4-5-13-22/h4-5,8-13,21H,2-3,6-7H2,1H3. The van der Waals surface area contributed by atoms with E-state index in [2.05, 4.69) is 4.72 Å². The number of anilines is 1. The van der Waals surface area contributed by atoms with E-state index in [1.54, 1.807) is 35.6 Å². The van der Waals surface area contributed by atoms with Crippen LogP contribution in [0.15, 0.2) is 48.8 Å². The third-order valence-corrected chi connectivity index (χ3v) is 6.48. The minimum atomic E-state index is -3.35. The molecule has 0 saturated heterocycles. The van der Waals surface area contributed by atoms with Gasteiger partial charge in [-0.2, -0.15) is 0 Å². The van der Waals surface area contributed by atoms with Gasteiger partial charge in [0.15, 0.2) is 0 Å². The van der Waals surface area contributed by atoms with Gasteiger partial charge in [-0.25, -0.2) is 13.2 Å². The number of nitrogens with zero attached hydrogens (tertiary/aromatic N) is 1. The Bertz CT molecular complexity index is 1100. The number of thiophene rings is 1. The van der Waals surface area contributed by atoms with Crippen molar-refractivity contribution in [2.75, 3.05) is 11.0 Å². The third kappa shape index (κ3) is 3.98. The van der Waals surface area contributed by atoms with Gasteiger partial charge in [-0.15, -0.1) is 11.3 Å². The topological polar surface area (TPSA) is 77.4 Å². The molecule has 0 aliphatic heterocycles. The van der Waals surface area contributed by atoms with E-state index in [1.165, 1.54) is 4.88 Å². The van der Waals surface area contributed by atoms with Crippen LogP contribution in [0, 0.1) is 0 Å². The molecule has 6 nitrogen and oxygen atoms in total. The first-order valence-electron chi connectivity index (χ1n) is 8.98.